The molecule has 1 rings (SSSR count). The van der Waals surface area contributed by atoms with Crippen LogP contribution in [-0.2, 0) is 9.53 Å². The zero-order chi connectivity index (χ0) is 11.3. The van der Waals surface area contributed by atoms with Crippen molar-refractivity contribution in [3.05, 3.63) is 29.3 Å². The average Bonchev–Trinajstić information content (AvgIpc) is 2.25. The van der Waals surface area contributed by atoms with Crippen LogP contribution in [0.5, 0.6) is 0 Å². The van der Waals surface area contributed by atoms with E-state index in [1.54, 1.807) is 6.07 Å². The van der Waals surface area contributed by atoms with E-state index in [1.807, 2.05) is 18.2 Å². The van der Waals surface area contributed by atoms with E-state index < -0.39 is 12.0 Å². The fourth-order valence-electron chi connectivity index (χ4n) is 0.962. The summed E-state index contributed by atoms with van der Waals surface area (Å²) in [5.41, 5.74) is 5.59. The number of nitrogens with two attached hydrogens (primary N) is 1. The van der Waals surface area contributed by atoms with Crippen molar-refractivity contribution in [3.8, 4) is 0 Å². The van der Waals surface area contributed by atoms with Gasteiger partial charge in [0.05, 0.1) is 7.11 Å². The van der Waals surface area contributed by atoms with Crippen LogP contribution in [-0.4, -0.2) is 24.9 Å². The number of rotatable bonds is 4. The normalized spacial score (nSPS) is 12.2. The van der Waals surface area contributed by atoms with Crippen molar-refractivity contribution in [2.45, 2.75) is 10.9 Å². The molecule has 0 bridgehead atoms. The van der Waals surface area contributed by atoms with Crippen LogP contribution in [0.3, 0.4) is 0 Å². The highest BCUT2D eigenvalue weighted by Gasteiger charge is 2.13. The predicted octanol–water partition coefficient (Wildman–Crippen LogP) is 1.93. The van der Waals surface area contributed by atoms with Gasteiger partial charge in [0.2, 0.25) is 0 Å². The largest absolute Gasteiger partial charge is 0.468 e. The Hall–Kier alpha value is -0.710. The van der Waals surface area contributed by atoms with E-state index in [0.717, 1.165) is 4.90 Å². The van der Waals surface area contributed by atoms with E-state index in [4.69, 9.17) is 17.3 Å². The summed E-state index contributed by atoms with van der Waals surface area (Å²) in [6, 6.07) is 6.80. The second kappa shape index (κ2) is 6.00. The van der Waals surface area contributed by atoms with Gasteiger partial charge in [-0.25, -0.2) is 0 Å². The maximum absolute atomic E-state index is 11.0. The molecule has 0 fully saturated rings. The minimum atomic E-state index is -0.598. The number of methoxy groups -OCH3 is 1. The van der Waals surface area contributed by atoms with Gasteiger partial charge in [0, 0.05) is 15.7 Å². The zero-order valence-corrected chi connectivity index (χ0v) is 9.85. The third-order valence-corrected chi connectivity index (χ3v) is 3.08. The minimum absolute atomic E-state index is 0.399. The van der Waals surface area contributed by atoms with Gasteiger partial charge in [-0.1, -0.05) is 17.7 Å². The molecule has 0 spiro atoms. The fraction of sp³-hybridized carbons (Fsp3) is 0.300. The quantitative estimate of drug-likeness (QED) is 0.651. The first-order valence-electron chi connectivity index (χ1n) is 4.35. The molecule has 3 nitrogen and oxygen atoms in total. The molecule has 0 saturated heterocycles. The summed E-state index contributed by atoms with van der Waals surface area (Å²) < 4.78 is 4.52. The van der Waals surface area contributed by atoms with Crippen molar-refractivity contribution in [3.63, 3.8) is 0 Å². The van der Waals surface area contributed by atoms with E-state index >= 15 is 0 Å². The van der Waals surface area contributed by atoms with Crippen LogP contribution < -0.4 is 5.73 Å². The zero-order valence-electron chi connectivity index (χ0n) is 8.27. The van der Waals surface area contributed by atoms with Crippen LogP contribution in [0, 0.1) is 0 Å². The van der Waals surface area contributed by atoms with Gasteiger partial charge in [-0.05, 0) is 18.2 Å². The average molecular weight is 246 g/mol. The first-order valence-corrected chi connectivity index (χ1v) is 5.71. The highest BCUT2D eigenvalue weighted by Crippen LogP contribution is 2.21. The van der Waals surface area contributed by atoms with E-state index in [-0.39, 0.29) is 0 Å². The van der Waals surface area contributed by atoms with Gasteiger partial charge in [0.15, 0.2) is 0 Å². The topological polar surface area (TPSA) is 52.3 Å². The monoisotopic (exact) mass is 245 g/mol. The third kappa shape index (κ3) is 4.11. The molecule has 0 saturated carbocycles. The molecule has 0 radical (unpaired) electrons. The summed E-state index contributed by atoms with van der Waals surface area (Å²) in [6.45, 7) is 0. The van der Waals surface area contributed by atoms with Crippen LogP contribution in [0.25, 0.3) is 0 Å². The van der Waals surface area contributed by atoms with Crippen molar-refractivity contribution in [2.24, 2.45) is 5.73 Å². The molecule has 2 N–H and O–H groups in total. The Morgan fingerprint density at radius 1 is 1.67 bits per heavy atom. The number of thioether (sulfide) groups is 1. The lowest BCUT2D eigenvalue weighted by Crippen LogP contribution is -2.33. The lowest BCUT2D eigenvalue weighted by atomic mass is 10.4. The van der Waals surface area contributed by atoms with Gasteiger partial charge in [-0.2, -0.15) is 0 Å². The highest BCUT2D eigenvalue weighted by atomic mass is 35.5. The van der Waals surface area contributed by atoms with Crippen molar-refractivity contribution >= 4 is 29.3 Å². The molecular weight excluding hydrogens is 234 g/mol. The minimum Gasteiger partial charge on any atom is -0.468 e. The van der Waals surface area contributed by atoms with Gasteiger partial charge >= 0.3 is 5.97 Å². The standard InChI is InChI=1S/C10H12ClNO2S/c1-14-10(13)9(12)6-15-8-4-2-3-7(11)5-8/h2-5,9H,6,12H2,1H3. The van der Waals surface area contributed by atoms with Crippen LogP contribution >= 0.6 is 23.4 Å². The molecule has 82 valence electrons. The Balaban J connectivity index is 2.47. The number of halogens is 1. The SMILES string of the molecule is COC(=O)C(N)CSc1cccc(Cl)c1. The first-order chi connectivity index (χ1) is 7.13. The summed E-state index contributed by atoms with van der Waals surface area (Å²) in [6.07, 6.45) is 0. The number of esters is 1. The van der Waals surface area contributed by atoms with Gasteiger partial charge < -0.3 is 10.5 Å². The molecule has 15 heavy (non-hydrogen) atoms. The molecule has 0 aliphatic rings. The Labute approximate surface area is 97.9 Å². The molecule has 5 heteroatoms. The lowest BCUT2D eigenvalue weighted by Gasteiger charge is -2.08. The van der Waals surface area contributed by atoms with E-state index in [9.17, 15) is 4.79 Å². The molecule has 1 aromatic carbocycles. The summed E-state index contributed by atoms with van der Waals surface area (Å²) in [4.78, 5) is 12.0. The number of hydrogen-bond acceptors (Lipinski definition) is 4. The third-order valence-electron chi connectivity index (χ3n) is 1.73. The summed E-state index contributed by atoms with van der Waals surface area (Å²) in [5.74, 6) is 0.0806. The van der Waals surface area contributed by atoms with Gasteiger partial charge in [0.1, 0.15) is 6.04 Å². The predicted molar refractivity (Wildman–Crippen MR) is 62.2 cm³/mol. The van der Waals surface area contributed by atoms with Gasteiger partial charge in [-0.3, -0.25) is 4.79 Å². The lowest BCUT2D eigenvalue weighted by molar-refractivity contribution is -0.141. The van der Waals surface area contributed by atoms with E-state index in [2.05, 4.69) is 4.74 Å². The molecule has 0 aliphatic carbocycles. The molecule has 1 aromatic rings. The van der Waals surface area contributed by atoms with Crippen LogP contribution in [0.2, 0.25) is 5.02 Å². The number of carbonyl (C=O) groups excluding carboxylic acids is 1. The summed E-state index contributed by atoms with van der Waals surface area (Å²) in [7, 11) is 1.33. The van der Waals surface area contributed by atoms with Crippen molar-refractivity contribution < 1.29 is 9.53 Å². The maximum atomic E-state index is 11.0. The molecular formula is C10H12ClNO2S. The Morgan fingerprint density at radius 2 is 2.40 bits per heavy atom. The molecule has 1 unspecified atom stereocenters. The number of carbonyl (C=O) groups is 1. The van der Waals surface area contributed by atoms with Crippen LogP contribution in [0.15, 0.2) is 29.2 Å². The van der Waals surface area contributed by atoms with Crippen LogP contribution in [0.4, 0.5) is 0 Å². The molecule has 1 atom stereocenters. The Kier molecular flexibility index (Phi) is 4.94. The molecule has 0 aliphatic heterocycles. The Bertz CT molecular complexity index is 346. The number of benzene rings is 1. The smallest absolute Gasteiger partial charge is 0.323 e. The Morgan fingerprint density at radius 3 is 3.00 bits per heavy atom. The highest BCUT2D eigenvalue weighted by molar-refractivity contribution is 7.99. The van der Waals surface area contributed by atoms with Crippen molar-refractivity contribution in [2.75, 3.05) is 12.9 Å². The fourth-order valence-corrected chi connectivity index (χ4v) is 2.11. The van der Waals surface area contributed by atoms with Gasteiger partial charge in [0.25, 0.3) is 0 Å². The number of hydrogen-bond donors (Lipinski definition) is 1. The summed E-state index contributed by atoms with van der Waals surface area (Å²) >= 11 is 7.29. The maximum Gasteiger partial charge on any atom is 0.323 e. The van der Waals surface area contributed by atoms with E-state index in [1.165, 1.54) is 18.9 Å². The molecule has 0 amide bonds. The van der Waals surface area contributed by atoms with Gasteiger partial charge in [-0.15, -0.1) is 11.8 Å². The molecule has 0 aromatic heterocycles. The summed E-state index contributed by atoms with van der Waals surface area (Å²) in [5, 5.41) is 0.673. The number of ether oxygens (including phenoxy) is 1. The van der Waals surface area contributed by atoms with Crippen molar-refractivity contribution in [1.29, 1.82) is 0 Å². The second-order valence-electron chi connectivity index (χ2n) is 2.90. The van der Waals surface area contributed by atoms with Crippen molar-refractivity contribution in [1.82, 2.24) is 0 Å². The van der Waals surface area contributed by atoms with E-state index in [0.29, 0.717) is 10.8 Å². The second-order valence-corrected chi connectivity index (χ2v) is 4.43. The first kappa shape index (κ1) is 12.4. The van der Waals surface area contributed by atoms with Crippen LogP contribution in [0.1, 0.15) is 0 Å². The molecule has 0 heterocycles.